The number of hydrogen-bond acceptors (Lipinski definition) is 4. The third kappa shape index (κ3) is 4.82. The maximum Gasteiger partial charge on any atom is 0.252 e. The van der Waals surface area contributed by atoms with E-state index in [9.17, 15) is 9.70 Å². The minimum absolute atomic E-state index is 0.102. The second-order valence-electron chi connectivity index (χ2n) is 5.42. The molecule has 116 valence electrons. The van der Waals surface area contributed by atoms with E-state index in [-0.39, 0.29) is 5.91 Å². The first kappa shape index (κ1) is 17.1. The predicted octanol–water partition coefficient (Wildman–Crippen LogP) is 1.58. The summed E-state index contributed by atoms with van der Waals surface area (Å²) in [5, 5.41) is 5.68. The van der Waals surface area contributed by atoms with E-state index >= 15 is 0 Å². The van der Waals surface area contributed by atoms with E-state index in [4.69, 9.17) is 0 Å². The zero-order valence-corrected chi connectivity index (χ0v) is 13.3. The molecule has 1 aliphatic rings. The number of nitrogens with one attached hydrogen (secondary N) is 1. The molecule has 6 heteroatoms. The number of nitrogens with zero attached hydrogens (tertiary/aromatic N) is 3. The van der Waals surface area contributed by atoms with Gasteiger partial charge >= 0.3 is 0 Å². The first-order chi connectivity index (χ1) is 9.95. The number of carbonyl (C=O) groups is 1. The summed E-state index contributed by atoms with van der Waals surface area (Å²) in [7, 11) is 3.96. The molecule has 0 aromatic rings. The first-order valence-electron chi connectivity index (χ1n) is 7.23. The molecule has 21 heavy (non-hydrogen) atoms. The van der Waals surface area contributed by atoms with Gasteiger partial charge in [0.05, 0.1) is 50.7 Å². The van der Waals surface area contributed by atoms with Crippen LogP contribution in [0.25, 0.3) is 0 Å². The van der Waals surface area contributed by atoms with E-state index in [0.717, 1.165) is 24.1 Å². The minimum atomic E-state index is -0.102. The molecule has 0 fully saturated rings. The molecule has 0 radical (unpaired) electrons. The number of amides is 1. The van der Waals surface area contributed by atoms with Crippen molar-refractivity contribution in [3.8, 4) is 0 Å². The molecule has 6 nitrogen and oxygen atoms in total. The van der Waals surface area contributed by atoms with Crippen molar-refractivity contribution in [2.75, 3.05) is 40.3 Å². The number of nitroso groups, excluding NO2 is 1. The highest BCUT2D eigenvalue weighted by Gasteiger charge is 2.17. The van der Waals surface area contributed by atoms with Gasteiger partial charge in [0.15, 0.2) is 0 Å². The molecule has 1 N–H and O–H groups in total. The molecule has 1 aliphatic heterocycles. The van der Waals surface area contributed by atoms with Gasteiger partial charge in [-0.05, 0) is 31.2 Å². The third-order valence-electron chi connectivity index (χ3n) is 4.08. The van der Waals surface area contributed by atoms with Crippen LogP contribution in [0.4, 0.5) is 0 Å². The standard InChI is InChI=1S/C15H24N4O2/c1-5-19(4,6-2)10-9-16-15(20)13-7-8-14(11-17-21)18(3)12-13/h7-8,11-12H,5-6,9-10H2,1-4H3/p+1. The molecule has 0 bridgehead atoms. The van der Waals surface area contributed by atoms with Crippen molar-refractivity contribution >= 4 is 5.91 Å². The van der Waals surface area contributed by atoms with E-state index in [1.165, 1.54) is 6.20 Å². The summed E-state index contributed by atoms with van der Waals surface area (Å²) < 4.78 is 0.937. The molecular formula is C15H25N4O2+. The van der Waals surface area contributed by atoms with Gasteiger partial charge in [0.1, 0.15) is 0 Å². The Morgan fingerprint density at radius 1 is 1.38 bits per heavy atom. The Morgan fingerprint density at radius 3 is 2.57 bits per heavy atom. The SMILES string of the molecule is CC[N+](C)(CC)CCNC(=O)C1=CN(C)C(=CN=O)C=C1. The number of rotatable bonds is 7. The Morgan fingerprint density at radius 2 is 2.05 bits per heavy atom. The lowest BCUT2D eigenvalue weighted by Gasteiger charge is -2.32. The summed E-state index contributed by atoms with van der Waals surface area (Å²) in [4.78, 5) is 24.0. The van der Waals surface area contributed by atoms with Crippen molar-refractivity contribution in [2.45, 2.75) is 13.8 Å². The van der Waals surface area contributed by atoms with Crippen LogP contribution in [0.5, 0.6) is 0 Å². The molecule has 0 spiro atoms. The van der Waals surface area contributed by atoms with Crippen molar-refractivity contribution in [2.24, 2.45) is 5.18 Å². The van der Waals surface area contributed by atoms with Crippen LogP contribution < -0.4 is 5.32 Å². The monoisotopic (exact) mass is 293 g/mol. The van der Waals surface area contributed by atoms with Crippen LogP contribution in [0.2, 0.25) is 0 Å². The highest BCUT2D eigenvalue weighted by Crippen LogP contribution is 2.15. The molecule has 0 aliphatic carbocycles. The maximum absolute atomic E-state index is 12.1. The van der Waals surface area contributed by atoms with Crippen molar-refractivity contribution in [1.82, 2.24) is 10.2 Å². The zero-order valence-electron chi connectivity index (χ0n) is 13.3. The average Bonchev–Trinajstić information content (AvgIpc) is 2.49. The van der Waals surface area contributed by atoms with E-state index < -0.39 is 0 Å². The Balaban J connectivity index is 2.55. The molecule has 1 rings (SSSR count). The second kappa shape index (κ2) is 7.73. The summed E-state index contributed by atoms with van der Waals surface area (Å²) in [6.45, 7) is 7.95. The molecule has 0 unspecified atom stereocenters. The Bertz CT molecular complexity index is 476. The molecular weight excluding hydrogens is 268 g/mol. The lowest BCUT2D eigenvalue weighted by Crippen LogP contribution is -2.48. The molecule has 0 aromatic heterocycles. The predicted molar refractivity (Wildman–Crippen MR) is 84.0 cm³/mol. The third-order valence-corrected chi connectivity index (χ3v) is 4.08. The number of allylic oxidation sites excluding steroid dienone is 1. The van der Waals surface area contributed by atoms with Gasteiger partial charge in [-0.15, -0.1) is 4.91 Å². The van der Waals surface area contributed by atoms with Gasteiger partial charge in [-0.25, -0.2) is 0 Å². The summed E-state index contributed by atoms with van der Waals surface area (Å²) in [5.41, 5.74) is 1.23. The van der Waals surface area contributed by atoms with Gasteiger partial charge in [0.25, 0.3) is 5.91 Å². The average molecular weight is 293 g/mol. The van der Waals surface area contributed by atoms with Crippen LogP contribution in [0, 0.1) is 4.91 Å². The molecule has 0 atom stereocenters. The number of carbonyl (C=O) groups excluding carboxylic acids is 1. The van der Waals surface area contributed by atoms with Gasteiger partial charge in [-0.3, -0.25) is 4.79 Å². The van der Waals surface area contributed by atoms with Crippen molar-refractivity contribution in [3.63, 3.8) is 0 Å². The van der Waals surface area contributed by atoms with Gasteiger partial charge in [-0.2, -0.15) is 0 Å². The Hall–Kier alpha value is -1.95. The van der Waals surface area contributed by atoms with Gasteiger partial charge < -0.3 is 14.7 Å². The number of hydrogen-bond donors (Lipinski definition) is 1. The molecule has 1 amide bonds. The van der Waals surface area contributed by atoms with E-state index in [2.05, 4.69) is 31.4 Å². The fraction of sp³-hybridized carbons (Fsp3) is 0.533. The topological polar surface area (TPSA) is 61.8 Å². The van der Waals surface area contributed by atoms with Crippen LogP contribution in [0.15, 0.2) is 41.0 Å². The minimum Gasteiger partial charge on any atom is -0.349 e. The molecule has 0 saturated carbocycles. The lowest BCUT2D eigenvalue weighted by atomic mass is 10.1. The number of quaternary nitrogens is 1. The van der Waals surface area contributed by atoms with Crippen molar-refractivity contribution < 1.29 is 9.28 Å². The smallest absolute Gasteiger partial charge is 0.252 e. The van der Waals surface area contributed by atoms with Gasteiger partial charge in [-0.1, -0.05) is 0 Å². The van der Waals surface area contributed by atoms with Gasteiger partial charge in [0.2, 0.25) is 0 Å². The van der Waals surface area contributed by atoms with Crippen LogP contribution in [0.1, 0.15) is 13.8 Å². The zero-order chi connectivity index (χ0) is 15.9. The van der Waals surface area contributed by atoms with Crippen LogP contribution >= 0.6 is 0 Å². The van der Waals surface area contributed by atoms with Crippen molar-refractivity contribution in [1.29, 1.82) is 0 Å². The van der Waals surface area contributed by atoms with Crippen molar-refractivity contribution in [3.05, 3.63) is 40.7 Å². The Kier molecular flexibility index (Phi) is 6.30. The van der Waals surface area contributed by atoms with E-state index in [1.807, 2.05) is 0 Å². The quantitative estimate of drug-likeness (QED) is 0.572. The van der Waals surface area contributed by atoms with Gasteiger partial charge in [0, 0.05) is 13.2 Å². The summed E-state index contributed by atoms with van der Waals surface area (Å²) >= 11 is 0. The first-order valence-corrected chi connectivity index (χ1v) is 7.23. The highest BCUT2D eigenvalue weighted by molar-refractivity contribution is 5.96. The Labute approximate surface area is 126 Å². The number of likely N-dealkylation sites (N-methyl/N-ethyl adjacent to an activating group) is 2. The summed E-state index contributed by atoms with van der Waals surface area (Å²) in [5.74, 6) is -0.102. The fourth-order valence-corrected chi connectivity index (χ4v) is 2.02. The summed E-state index contributed by atoms with van der Waals surface area (Å²) in [6.07, 6.45) is 6.31. The summed E-state index contributed by atoms with van der Waals surface area (Å²) in [6, 6.07) is 0. The maximum atomic E-state index is 12.1. The van der Waals surface area contributed by atoms with Crippen LogP contribution in [-0.4, -0.2) is 55.6 Å². The molecule has 0 aromatic carbocycles. The largest absolute Gasteiger partial charge is 0.349 e. The highest BCUT2D eigenvalue weighted by atomic mass is 16.2. The molecule has 1 heterocycles. The lowest BCUT2D eigenvalue weighted by molar-refractivity contribution is -0.904. The van der Waals surface area contributed by atoms with Crippen LogP contribution in [0.3, 0.4) is 0 Å². The normalized spacial score (nSPS) is 16.9. The van der Waals surface area contributed by atoms with E-state index in [0.29, 0.717) is 17.8 Å². The molecule has 0 saturated heterocycles. The fourth-order valence-electron chi connectivity index (χ4n) is 2.02. The van der Waals surface area contributed by atoms with Crippen LogP contribution in [-0.2, 0) is 4.79 Å². The van der Waals surface area contributed by atoms with E-state index in [1.54, 1.807) is 30.3 Å². The second-order valence-corrected chi connectivity index (χ2v) is 5.42.